The Bertz CT molecular complexity index is 689. The van der Waals surface area contributed by atoms with Gasteiger partial charge in [-0.2, -0.15) is 11.8 Å². The van der Waals surface area contributed by atoms with Crippen LogP contribution in [0.15, 0.2) is 36.4 Å². The molecule has 0 aliphatic rings. The highest BCUT2D eigenvalue weighted by atomic mass is 35.5. The van der Waals surface area contributed by atoms with E-state index >= 15 is 0 Å². The number of carbonyl (C=O) groups is 1. The number of amides is 1. The Morgan fingerprint density at radius 3 is 2.35 bits per heavy atom. The minimum Gasteiger partial charge on any atom is -0.495 e. The second kappa shape index (κ2) is 8.13. The van der Waals surface area contributed by atoms with E-state index in [4.69, 9.17) is 21.1 Å². The number of anilines is 1. The van der Waals surface area contributed by atoms with Gasteiger partial charge in [0.15, 0.2) is 0 Å². The Hall–Kier alpha value is -1.85. The van der Waals surface area contributed by atoms with E-state index in [1.165, 1.54) is 19.8 Å². The van der Waals surface area contributed by atoms with Crippen LogP contribution in [0.25, 0.3) is 0 Å². The summed E-state index contributed by atoms with van der Waals surface area (Å²) in [5.74, 6) is 1.67. The number of hydrogen-bond donors (Lipinski definition) is 1. The molecule has 0 aromatic heterocycles. The Balaban J connectivity index is 2.20. The van der Waals surface area contributed by atoms with Crippen LogP contribution in [-0.2, 0) is 5.75 Å². The third-order valence-corrected chi connectivity index (χ3v) is 4.17. The van der Waals surface area contributed by atoms with Crippen LogP contribution in [0.2, 0.25) is 5.02 Å². The summed E-state index contributed by atoms with van der Waals surface area (Å²) in [7, 11) is 3.05. The quantitative estimate of drug-likeness (QED) is 0.834. The molecule has 23 heavy (non-hydrogen) atoms. The summed E-state index contributed by atoms with van der Waals surface area (Å²) in [6.07, 6.45) is 2.04. The van der Waals surface area contributed by atoms with Crippen LogP contribution in [-0.4, -0.2) is 26.4 Å². The van der Waals surface area contributed by atoms with Crippen molar-refractivity contribution in [2.75, 3.05) is 25.8 Å². The fourth-order valence-corrected chi connectivity index (χ4v) is 2.84. The Labute approximate surface area is 145 Å². The fourth-order valence-electron chi connectivity index (χ4n) is 2.07. The third-order valence-electron chi connectivity index (χ3n) is 3.25. The van der Waals surface area contributed by atoms with Gasteiger partial charge in [-0.1, -0.05) is 23.7 Å². The zero-order valence-corrected chi connectivity index (χ0v) is 14.8. The molecule has 0 saturated heterocycles. The lowest BCUT2D eigenvalue weighted by molar-refractivity contribution is 0.102. The van der Waals surface area contributed by atoms with Crippen LogP contribution in [0.4, 0.5) is 5.69 Å². The van der Waals surface area contributed by atoms with Crippen molar-refractivity contribution in [2.45, 2.75) is 5.75 Å². The van der Waals surface area contributed by atoms with E-state index < -0.39 is 0 Å². The highest BCUT2D eigenvalue weighted by molar-refractivity contribution is 7.97. The van der Waals surface area contributed by atoms with Crippen LogP contribution in [0.3, 0.4) is 0 Å². The van der Waals surface area contributed by atoms with Gasteiger partial charge in [0.2, 0.25) is 0 Å². The van der Waals surface area contributed by atoms with Gasteiger partial charge in [-0.05, 0) is 30.0 Å². The molecular weight excluding hydrogens is 334 g/mol. The largest absolute Gasteiger partial charge is 0.495 e. The zero-order valence-electron chi connectivity index (χ0n) is 13.2. The van der Waals surface area contributed by atoms with Crippen molar-refractivity contribution in [3.63, 3.8) is 0 Å². The molecule has 1 N–H and O–H groups in total. The van der Waals surface area contributed by atoms with Crippen molar-refractivity contribution < 1.29 is 14.3 Å². The van der Waals surface area contributed by atoms with Gasteiger partial charge in [0, 0.05) is 17.4 Å². The Kier molecular flexibility index (Phi) is 6.19. The van der Waals surface area contributed by atoms with E-state index in [0.29, 0.717) is 27.8 Å². The minimum atomic E-state index is -0.222. The van der Waals surface area contributed by atoms with Gasteiger partial charge in [-0.15, -0.1) is 0 Å². The molecule has 0 spiro atoms. The first kappa shape index (κ1) is 17.5. The molecule has 0 aliphatic heterocycles. The summed E-state index contributed by atoms with van der Waals surface area (Å²) >= 11 is 7.85. The van der Waals surface area contributed by atoms with Crippen molar-refractivity contribution in [3.05, 3.63) is 52.5 Å². The summed E-state index contributed by atoms with van der Waals surface area (Å²) in [5, 5.41) is 3.21. The molecule has 0 radical (unpaired) electrons. The normalized spacial score (nSPS) is 10.3. The molecule has 1 amide bonds. The average Bonchev–Trinajstić information content (AvgIpc) is 2.56. The number of rotatable bonds is 6. The minimum absolute atomic E-state index is 0.222. The highest BCUT2D eigenvalue weighted by Crippen LogP contribution is 2.36. The van der Waals surface area contributed by atoms with E-state index in [9.17, 15) is 4.79 Å². The number of hydrogen-bond acceptors (Lipinski definition) is 4. The predicted octanol–water partition coefficient (Wildman–Crippen LogP) is 4.47. The first-order chi connectivity index (χ1) is 11.1. The Morgan fingerprint density at radius 2 is 1.78 bits per heavy atom. The number of halogens is 1. The van der Waals surface area contributed by atoms with Crippen molar-refractivity contribution in [1.82, 2.24) is 0 Å². The van der Waals surface area contributed by atoms with Gasteiger partial charge in [-0.25, -0.2) is 0 Å². The molecule has 122 valence electrons. The van der Waals surface area contributed by atoms with E-state index in [1.54, 1.807) is 36.0 Å². The molecule has 0 atom stereocenters. The van der Waals surface area contributed by atoms with Crippen LogP contribution in [0, 0.1) is 0 Å². The first-order valence-electron chi connectivity index (χ1n) is 6.89. The Morgan fingerprint density at radius 1 is 1.13 bits per heavy atom. The monoisotopic (exact) mass is 351 g/mol. The molecule has 2 rings (SSSR count). The maximum atomic E-state index is 12.4. The van der Waals surface area contributed by atoms with Crippen molar-refractivity contribution in [1.29, 1.82) is 0 Å². The smallest absolute Gasteiger partial charge is 0.255 e. The summed E-state index contributed by atoms with van der Waals surface area (Å²) < 4.78 is 10.4. The maximum absolute atomic E-state index is 12.4. The number of nitrogens with one attached hydrogen (secondary N) is 1. The zero-order chi connectivity index (χ0) is 16.8. The maximum Gasteiger partial charge on any atom is 0.255 e. The van der Waals surface area contributed by atoms with Crippen LogP contribution in [0.5, 0.6) is 11.5 Å². The average molecular weight is 352 g/mol. The first-order valence-corrected chi connectivity index (χ1v) is 8.67. The molecule has 6 heteroatoms. The van der Waals surface area contributed by atoms with Gasteiger partial charge in [0.25, 0.3) is 5.91 Å². The molecular formula is C17H18ClNO3S. The molecule has 0 aliphatic carbocycles. The third kappa shape index (κ3) is 4.33. The lowest BCUT2D eigenvalue weighted by Gasteiger charge is -2.13. The van der Waals surface area contributed by atoms with Crippen LogP contribution < -0.4 is 14.8 Å². The lowest BCUT2D eigenvalue weighted by Crippen LogP contribution is -2.12. The molecule has 0 unspecified atom stereocenters. The summed E-state index contributed by atoms with van der Waals surface area (Å²) in [4.78, 5) is 12.4. The van der Waals surface area contributed by atoms with Crippen molar-refractivity contribution in [3.8, 4) is 11.5 Å². The topological polar surface area (TPSA) is 47.6 Å². The molecule has 0 heterocycles. The number of methoxy groups -OCH3 is 2. The summed E-state index contributed by atoms with van der Waals surface area (Å²) in [5.41, 5.74) is 2.25. The van der Waals surface area contributed by atoms with Gasteiger partial charge < -0.3 is 14.8 Å². The fraction of sp³-hybridized carbons (Fsp3) is 0.235. The molecule has 0 saturated carbocycles. The van der Waals surface area contributed by atoms with Gasteiger partial charge in [0.1, 0.15) is 11.5 Å². The van der Waals surface area contributed by atoms with Crippen molar-refractivity contribution >= 4 is 35.0 Å². The van der Waals surface area contributed by atoms with E-state index in [-0.39, 0.29) is 5.91 Å². The summed E-state index contributed by atoms with van der Waals surface area (Å²) in [6, 6.07) is 10.8. The van der Waals surface area contributed by atoms with Gasteiger partial charge in [-0.3, -0.25) is 4.79 Å². The van der Waals surface area contributed by atoms with Gasteiger partial charge >= 0.3 is 0 Å². The van der Waals surface area contributed by atoms with E-state index in [2.05, 4.69) is 5.32 Å². The molecule has 0 bridgehead atoms. The number of benzene rings is 2. The molecule has 2 aromatic carbocycles. The molecule has 2 aromatic rings. The summed E-state index contributed by atoms with van der Waals surface area (Å²) in [6.45, 7) is 0. The van der Waals surface area contributed by atoms with Crippen molar-refractivity contribution in [2.24, 2.45) is 0 Å². The molecule has 4 nitrogen and oxygen atoms in total. The highest BCUT2D eigenvalue weighted by Gasteiger charge is 2.13. The van der Waals surface area contributed by atoms with Gasteiger partial charge in [0.05, 0.1) is 24.9 Å². The number of thioether (sulfide) groups is 1. The lowest BCUT2D eigenvalue weighted by atomic mass is 10.1. The number of ether oxygens (including phenoxy) is 2. The van der Waals surface area contributed by atoms with E-state index in [0.717, 1.165) is 5.75 Å². The second-order valence-electron chi connectivity index (χ2n) is 4.77. The van der Waals surface area contributed by atoms with Crippen LogP contribution in [0.1, 0.15) is 15.9 Å². The number of carbonyl (C=O) groups excluding carboxylic acids is 1. The van der Waals surface area contributed by atoms with E-state index in [1.807, 2.05) is 18.4 Å². The SMILES string of the molecule is COc1cc(OC)c(NC(=O)c2ccc(CSC)cc2)cc1Cl. The molecule has 0 fully saturated rings. The second-order valence-corrected chi connectivity index (χ2v) is 6.04. The predicted molar refractivity (Wildman–Crippen MR) is 96.2 cm³/mol. The van der Waals surface area contributed by atoms with Crippen LogP contribution >= 0.6 is 23.4 Å². The standard InChI is InChI=1S/C17H18ClNO3S/c1-21-15-9-16(22-2)14(8-13(15)18)19-17(20)12-6-4-11(5-7-12)10-23-3/h4-9H,10H2,1-3H3,(H,19,20).